The molecular weight excluding hydrogens is 364 g/mol. The summed E-state index contributed by atoms with van der Waals surface area (Å²) < 4.78 is 7.23. The quantitative estimate of drug-likeness (QED) is 0.757. The third-order valence-corrected chi connectivity index (χ3v) is 5.25. The molecule has 0 bridgehead atoms. The minimum Gasteiger partial charge on any atom is -0.361 e. The van der Waals surface area contributed by atoms with Gasteiger partial charge in [-0.3, -0.25) is 9.59 Å². The van der Waals surface area contributed by atoms with Crippen LogP contribution >= 0.6 is 11.6 Å². The number of aromatic nitrogens is 1. The maximum Gasteiger partial charge on any atom is 0.261 e. The molecular formula is C21H27ClN2O3. The van der Waals surface area contributed by atoms with Crippen molar-refractivity contribution in [3.8, 4) is 0 Å². The van der Waals surface area contributed by atoms with Crippen LogP contribution in [0.15, 0.2) is 23.0 Å². The van der Waals surface area contributed by atoms with Gasteiger partial charge in [0.15, 0.2) is 0 Å². The molecule has 0 radical (unpaired) electrons. The van der Waals surface area contributed by atoms with Crippen molar-refractivity contribution in [3.05, 3.63) is 61.5 Å². The molecule has 0 aliphatic rings. The number of anilines is 1. The summed E-state index contributed by atoms with van der Waals surface area (Å²) in [7, 11) is 0. The molecule has 0 atom stereocenters. The molecule has 0 fully saturated rings. The molecule has 1 aromatic heterocycles. The van der Waals surface area contributed by atoms with Crippen LogP contribution in [0.5, 0.6) is 0 Å². The Bertz CT molecular complexity index is 881. The summed E-state index contributed by atoms with van der Waals surface area (Å²) in [5.74, 6) is -0.444. The molecule has 0 aliphatic carbocycles. The summed E-state index contributed by atoms with van der Waals surface area (Å²) in [5.41, 5.74) is 3.58. The minimum atomic E-state index is -0.455. The zero-order valence-corrected chi connectivity index (χ0v) is 17.4. The first-order valence-corrected chi connectivity index (χ1v) is 9.64. The Morgan fingerprint density at radius 3 is 2.22 bits per heavy atom. The van der Waals surface area contributed by atoms with Gasteiger partial charge in [0.25, 0.3) is 5.91 Å². The lowest BCUT2D eigenvalue weighted by Gasteiger charge is -2.20. The van der Waals surface area contributed by atoms with Crippen molar-refractivity contribution < 1.29 is 9.53 Å². The Morgan fingerprint density at radius 1 is 1.11 bits per heavy atom. The number of amides is 1. The Hall–Kier alpha value is -2.11. The average molecular weight is 391 g/mol. The van der Waals surface area contributed by atoms with Gasteiger partial charge >= 0.3 is 0 Å². The van der Waals surface area contributed by atoms with Crippen molar-refractivity contribution in [3.63, 3.8) is 0 Å². The van der Waals surface area contributed by atoms with Crippen molar-refractivity contribution in [2.24, 2.45) is 0 Å². The average Bonchev–Trinajstić information content (AvgIpc) is 2.66. The molecule has 0 saturated carbocycles. The van der Waals surface area contributed by atoms with E-state index >= 15 is 0 Å². The monoisotopic (exact) mass is 390 g/mol. The maximum atomic E-state index is 13.1. The zero-order valence-electron chi connectivity index (χ0n) is 16.6. The van der Waals surface area contributed by atoms with Crippen LogP contribution in [0.25, 0.3) is 0 Å². The number of carbonyl (C=O) groups is 1. The van der Waals surface area contributed by atoms with Crippen molar-refractivity contribution in [1.82, 2.24) is 4.57 Å². The van der Waals surface area contributed by atoms with Crippen molar-refractivity contribution in [2.75, 3.05) is 11.9 Å². The summed E-state index contributed by atoms with van der Waals surface area (Å²) >= 11 is 6.23. The molecule has 0 spiro atoms. The number of para-hydroxylation sites is 1. The highest BCUT2D eigenvalue weighted by Crippen LogP contribution is 2.24. The van der Waals surface area contributed by atoms with Crippen LogP contribution in [0.4, 0.5) is 5.69 Å². The van der Waals surface area contributed by atoms with Crippen LogP contribution in [0.2, 0.25) is 5.02 Å². The second kappa shape index (κ2) is 9.20. The predicted octanol–water partition coefficient (Wildman–Crippen LogP) is 4.49. The maximum absolute atomic E-state index is 13.1. The van der Waals surface area contributed by atoms with Gasteiger partial charge in [0.05, 0.1) is 0 Å². The number of halogens is 1. The Balaban J connectivity index is 2.55. The number of rotatable bonds is 7. The van der Waals surface area contributed by atoms with E-state index in [0.717, 1.165) is 29.7 Å². The molecule has 5 nitrogen and oxygen atoms in total. The Morgan fingerprint density at radius 2 is 1.70 bits per heavy atom. The molecule has 1 N–H and O–H groups in total. The van der Waals surface area contributed by atoms with E-state index in [1.54, 1.807) is 18.4 Å². The molecule has 2 aromatic rings. The first kappa shape index (κ1) is 21.2. The van der Waals surface area contributed by atoms with E-state index in [4.69, 9.17) is 16.3 Å². The number of aryl methyl sites for hydroxylation is 2. The van der Waals surface area contributed by atoms with E-state index in [2.05, 4.69) is 5.32 Å². The smallest absolute Gasteiger partial charge is 0.261 e. The van der Waals surface area contributed by atoms with Gasteiger partial charge in [0.1, 0.15) is 17.3 Å². The van der Waals surface area contributed by atoms with Gasteiger partial charge in [-0.25, -0.2) is 0 Å². The molecule has 0 unspecified atom stereocenters. The van der Waals surface area contributed by atoms with E-state index in [9.17, 15) is 9.59 Å². The van der Waals surface area contributed by atoms with Gasteiger partial charge in [-0.15, -0.1) is 0 Å². The van der Waals surface area contributed by atoms with Crippen molar-refractivity contribution in [2.45, 2.75) is 54.2 Å². The molecule has 6 heteroatoms. The number of hydrogen-bond donors (Lipinski definition) is 1. The fraction of sp³-hybridized carbons (Fsp3) is 0.429. The molecule has 1 heterocycles. The van der Waals surface area contributed by atoms with Gasteiger partial charge in [0, 0.05) is 23.7 Å². The van der Waals surface area contributed by atoms with Crippen LogP contribution in [0, 0.1) is 13.8 Å². The zero-order chi connectivity index (χ0) is 20.1. The molecule has 27 heavy (non-hydrogen) atoms. The predicted molar refractivity (Wildman–Crippen MR) is 110 cm³/mol. The van der Waals surface area contributed by atoms with Crippen LogP contribution in [0.1, 0.15) is 53.6 Å². The van der Waals surface area contributed by atoms with Gasteiger partial charge in [0.2, 0.25) is 5.43 Å². The highest BCUT2D eigenvalue weighted by Gasteiger charge is 2.22. The topological polar surface area (TPSA) is 60.3 Å². The number of hydrogen-bond acceptors (Lipinski definition) is 3. The first-order valence-electron chi connectivity index (χ1n) is 9.26. The third-order valence-electron chi connectivity index (χ3n) is 4.80. The van der Waals surface area contributed by atoms with Crippen LogP contribution < -0.4 is 10.7 Å². The molecule has 1 amide bonds. The minimum absolute atomic E-state index is 0.0462. The summed E-state index contributed by atoms with van der Waals surface area (Å²) in [6, 6.07) is 5.95. The number of benzene rings is 1. The lowest BCUT2D eigenvalue weighted by atomic mass is 10.0. The van der Waals surface area contributed by atoms with Gasteiger partial charge in [-0.05, 0) is 44.7 Å². The van der Waals surface area contributed by atoms with E-state index in [0.29, 0.717) is 18.0 Å². The van der Waals surface area contributed by atoms with Crippen LogP contribution in [-0.2, 0) is 24.3 Å². The van der Waals surface area contributed by atoms with Crippen LogP contribution in [0.3, 0.4) is 0 Å². The third kappa shape index (κ3) is 4.25. The lowest BCUT2D eigenvalue weighted by molar-refractivity contribution is 0.0841. The number of nitrogens with zero attached hydrogens (tertiary/aromatic N) is 1. The number of carbonyl (C=O) groups excluding carboxylic acids is 1. The first-order chi connectivity index (χ1) is 12.9. The highest BCUT2D eigenvalue weighted by atomic mass is 35.5. The number of pyridine rings is 1. The molecule has 1 aromatic carbocycles. The SMILES string of the molecule is CCOCn1c(C)c(Cl)c(=O)c(C(=O)Nc2c(CC)cccc2CC)c1C. The van der Waals surface area contributed by atoms with Gasteiger partial charge in [-0.1, -0.05) is 43.6 Å². The largest absolute Gasteiger partial charge is 0.361 e. The fourth-order valence-electron chi connectivity index (χ4n) is 3.17. The highest BCUT2D eigenvalue weighted by molar-refractivity contribution is 6.31. The summed E-state index contributed by atoms with van der Waals surface area (Å²) in [6.45, 7) is 10.2. The van der Waals surface area contributed by atoms with E-state index in [-0.39, 0.29) is 17.3 Å². The standard InChI is InChI=1S/C21H27ClN2O3/c1-6-15-10-9-11-16(7-2)19(15)23-21(26)17-13(4)24(12-27-8-3)14(5)18(22)20(17)25/h9-11H,6-8,12H2,1-5H3,(H,23,26). The Kier molecular flexibility index (Phi) is 7.22. The number of ether oxygens (including phenoxy) is 1. The number of nitrogens with one attached hydrogen (secondary N) is 1. The summed E-state index contributed by atoms with van der Waals surface area (Å²) in [4.78, 5) is 25.8. The fourth-order valence-corrected chi connectivity index (χ4v) is 3.36. The summed E-state index contributed by atoms with van der Waals surface area (Å²) in [5, 5.41) is 3.00. The van der Waals surface area contributed by atoms with Crippen LogP contribution in [-0.4, -0.2) is 17.1 Å². The van der Waals surface area contributed by atoms with Gasteiger partial charge in [-0.2, -0.15) is 0 Å². The van der Waals surface area contributed by atoms with E-state index < -0.39 is 11.3 Å². The van der Waals surface area contributed by atoms with Crippen molar-refractivity contribution in [1.29, 1.82) is 0 Å². The van der Waals surface area contributed by atoms with Gasteiger partial charge < -0.3 is 14.6 Å². The summed E-state index contributed by atoms with van der Waals surface area (Å²) in [6.07, 6.45) is 1.57. The second-order valence-corrected chi connectivity index (χ2v) is 6.73. The Labute approximate surface area is 165 Å². The normalized spacial score (nSPS) is 10.9. The molecule has 0 saturated heterocycles. The van der Waals surface area contributed by atoms with Crippen molar-refractivity contribution >= 4 is 23.2 Å². The van der Waals surface area contributed by atoms with E-state index in [1.165, 1.54) is 0 Å². The molecule has 146 valence electrons. The molecule has 0 aliphatic heterocycles. The molecule has 2 rings (SSSR count). The second-order valence-electron chi connectivity index (χ2n) is 6.35. The lowest BCUT2D eigenvalue weighted by Crippen LogP contribution is -2.29. The van der Waals surface area contributed by atoms with E-state index in [1.807, 2.05) is 39.0 Å².